The number of thioether (sulfide) groups is 1. The number of rotatable bonds is 4. The summed E-state index contributed by atoms with van der Waals surface area (Å²) in [7, 11) is 0. The Labute approximate surface area is 177 Å². The van der Waals surface area contributed by atoms with Crippen molar-refractivity contribution in [3.05, 3.63) is 57.2 Å². The van der Waals surface area contributed by atoms with E-state index < -0.39 is 0 Å². The summed E-state index contributed by atoms with van der Waals surface area (Å²) < 4.78 is 8.17. The molecule has 0 spiro atoms. The van der Waals surface area contributed by atoms with Crippen molar-refractivity contribution in [1.82, 2.24) is 9.47 Å². The van der Waals surface area contributed by atoms with E-state index in [9.17, 15) is 9.59 Å². The number of pyridine rings is 1. The number of ether oxygens (including phenoxy) is 1. The highest BCUT2D eigenvalue weighted by Gasteiger charge is 2.24. The Bertz CT molecular complexity index is 1110. The maximum Gasteiger partial charge on any atom is 0.265 e. The van der Waals surface area contributed by atoms with Crippen molar-refractivity contribution in [3.63, 3.8) is 0 Å². The summed E-state index contributed by atoms with van der Waals surface area (Å²) in [5.41, 5.74) is 2.12. The molecule has 3 aromatic rings. The van der Waals surface area contributed by atoms with Crippen LogP contribution in [0.25, 0.3) is 15.8 Å². The predicted molar refractivity (Wildman–Crippen MR) is 118 cm³/mol. The third-order valence-electron chi connectivity index (χ3n) is 5.56. The number of thiophene rings is 1. The minimum Gasteiger partial charge on any atom is -0.378 e. The van der Waals surface area contributed by atoms with Crippen LogP contribution in [0.2, 0.25) is 0 Å². The normalized spacial score (nSPS) is 16.3. The van der Waals surface area contributed by atoms with Crippen molar-refractivity contribution in [1.29, 1.82) is 0 Å². The molecule has 0 radical (unpaired) electrons. The van der Waals surface area contributed by atoms with Crippen LogP contribution < -0.4 is 5.56 Å². The Kier molecular flexibility index (Phi) is 5.20. The van der Waals surface area contributed by atoms with Gasteiger partial charge in [0, 0.05) is 28.4 Å². The van der Waals surface area contributed by atoms with Gasteiger partial charge in [-0.15, -0.1) is 11.3 Å². The molecular weight excluding hydrogens is 404 g/mol. The van der Waals surface area contributed by atoms with Crippen LogP contribution in [0.15, 0.2) is 46.2 Å². The van der Waals surface area contributed by atoms with E-state index >= 15 is 0 Å². The first kappa shape index (κ1) is 18.9. The second-order valence-electron chi connectivity index (χ2n) is 7.34. The Morgan fingerprint density at radius 1 is 1.14 bits per heavy atom. The predicted octanol–water partition coefficient (Wildman–Crippen LogP) is 3.49. The molecule has 1 aromatic carbocycles. The van der Waals surface area contributed by atoms with Gasteiger partial charge in [-0.3, -0.25) is 14.2 Å². The average Bonchev–Trinajstić information content (AvgIpc) is 3.34. The number of aromatic nitrogens is 1. The molecule has 29 heavy (non-hydrogen) atoms. The molecule has 3 heterocycles. The molecule has 1 fully saturated rings. The molecule has 5 nitrogen and oxygen atoms in total. The van der Waals surface area contributed by atoms with Crippen LogP contribution in [0.1, 0.15) is 16.9 Å². The molecule has 1 aliphatic carbocycles. The molecule has 150 valence electrons. The topological polar surface area (TPSA) is 51.5 Å². The largest absolute Gasteiger partial charge is 0.378 e. The van der Waals surface area contributed by atoms with Gasteiger partial charge in [0.25, 0.3) is 5.56 Å². The van der Waals surface area contributed by atoms with E-state index in [4.69, 9.17) is 4.74 Å². The Balaban J connectivity index is 1.55. The fourth-order valence-electron chi connectivity index (χ4n) is 4.12. The standard InChI is InChI=1S/C22H22N2O3S2/c25-19(23-9-11-27-12-10-23)14-28-20-13-18-21(16-7-4-8-17(16)29-18)22(26)24(20)15-5-2-1-3-6-15/h1-3,5-6,13H,4,7-12,14H2. The van der Waals surface area contributed by atoms with Gasteiger partial charge in [0.05, 0.1) is 29.4 Å². The van der Waals surface area contributed by atoms with E-state index in [1.54, 1.807) is 15.9 Å². The first-order valence-electron chi connectivity index (χ1n) is 9.96. The van der Waals surface area contributed by atoms with E-state index in [-0.39, 0.29) is 11.5 Å². The van der Waals surface area contributed by atoms with E-state index in [1.165, 1.54) is 22.2 Å². The lowest BCUT2D eigenvalue weighted by atomic mass is 10.1. The van der Waals surface area contributed by atoms with Crippen molar-refractivity contribution in [2.75, 3.05) is 32.1 Å². The molecule has 7 heteroatoms. The second kappa shape index (κ2) is 7.97. The highest BCUT2D eigenvalue weighted by atomic mass is 32.2. The molecule has 0 unspecified atom stereocenters. The summed E-state index contributed by atoms with van der Waals surface area (Å²) in [6, 6.07) is 11.8. The fraction of sp³-hybridized carbons (Fsp3) is 0.364. The molecule has 1 aliphatic heterocycles. The van der Waals surface area contributed by atoms with Gasteiger partial charge in [-0.05, 0) is 43.0 Å². The summed E-state index contributed by atoms with van der Waals surface area (Å²) in [4.78, 5) is 29.4. The number of benzene rings is 1. The van der Waals surface area contributed by atoms with Gasteiger partial charge in [-0.1, -0.05) is 30.0 Å². The van der Waals surface area contributed by atoms with Gasteiger partial charge in [0.15, 0.2) is 0 Å². The van der Waals surface area contributed by atoms with Gasteiger partial charge in [-0.2, -0.15) is 0 Å². The minimum atomic E-state index is 0.0365. The monoisotopic (exact) mass is 426 g/mol. The second-order valence-corrected chi connectivity index (χ2v) is 9.47. The summed E-state index contributed by atoms with van der Waals surface area (Å²) in [5.74, 6) is 0.419. The Morgan fingerprint density at radius 2 is 1.93 bits per heavy atom. The van der Waals surface area contributed by atoms with Crippen LogP contribution >= 0.6 is 23.1 Å². The smallest absolute Gasteiger partial charge is 0.265 e. The van der Waals surface area contributed by atoms with Crippen molar-refractivity contribution < 1.29 is 9.53 Å². The van der Waals surface area contributed by atoms with Crippen molar-refractivity contribution >= 4 is 39.1 Å². The van der Waals surface area contributed by atoms with Crippen LogP contribution in [0.4, 0.5) is 0 Å². The highest BCUT2D eigenvalue weighted by molar-refractivity contribution is 7.99. The Hall–Kier alpha value is -2.09. The molecule has 5 rings (SSSR count). The van der Waals surface area contributed by atoms with Crippen LogP contribution in [-0.2, 0) is 22.4 Å². The molecule has 0 bridgehead atoms. The lowest BCUT2D eigenvalue weighted by molar-refractivity contribution is -0.132. The van der Waals surface area contributed by atoms with E-state index in [0.717, 1.165) is 40.1 Å². The zero-order valence-electron chi connectivity index (χ0n) is 16.1. The van der Waals surface area contributed by atoms with Crippen LogP contribution in [-0.4, -0.2) is 47.4 Å². The number of fused-ring (bicyclic) bond motifs is 3. The van der Waals surface area contributed by atoms with Gasteiger partial charge in [0.2, 0.25) is 5.91 Å². The SMILES string of the molecule is O=C(CSc1cc2sc3c(c2c(=O)n1-c1ccccc1)CCC3)N1CCOCC1. The van der Waals surface area contributed by atoms with Gasteiger partial charge in [-0.25, -0.2) is 0 Å². The van der Waals surface area contributed by atoms with Crippen LogP contribution in [0.3, 0.4) is 0 Å². The van der Waals surface area contributed by atoms with Crippen molar-refractivity contribution in [3.8, 4) is 5.69 Å². The first-order chi connectivity index (χ1) is 14.2. The third kappa shape index (κ3) is 3.52. The number of aryl methyl sites for hydroxylation is 2. The number of hydrogen-bond acceptors (Lipinski definition) is 5. The number of hydrogen-bond donors (Lipinski definition) is 0. The van der Waals surface area contributed by atoms with Crippen LogP contribution in [0.5, 0.6) is 0 Å². The van der Waals surface area contributed by atoms with Crippen molar-refractivity contribution in [2.45, 2.75) is 24.3 Å². The number of carbonyl (C=O) groups excluding carboxylic acids is 1. The summed E-state index contributed by atoms with van der Waals surface area (Å²) in [6.07, 6.45) is 3.19. The maximum absolute atomic E-state index is 13.6. The molecule has 0 saturated carbocycles. The number of amides is 1. The quantitative estimate of drug-likeness (QED) is 0.600. The number of morpholine rings is 1. The number of nitrogens with zero attached hydrogens (tertiary/aromatic N) is 2. The summed E-state index contributed by atoms with van der Waals surface area (Å²) in [6.45, 7) is 2.47. The van der Waals surface area contributed by atoms with Gasteiger partial charge in [0.1, 0.15) is 0 Å². The summed E-state index contributed by atoms with van der Waals surface area (Å²) >= 11 is 3.19. The lowest BCUT2D eigenvalue weighted by Gasteiger charge is -2.26. The highest BCUT2D eigenvalue weighted by Crippen LogP contribution is 2.37. The van der Waals surface area contributed by atoms with Crippen molar-refractivity contribution in [2.24, 2.45) is 0 Å². The molecular formula is C22H22N2O3S2. The van der Waals surface area contributed by atoms with E-state index in [0.29, 0.717) is 32.1 Å². The first-order valence-corrected chi connectivity index (χ1v) is 11.8. The van der Waals surface area contributed by atoms with E-state index in [2.05, 4.69) is 6.07 Å². The third-order valence-corrected chi connectivity index (χ3v) is 7.79. The van der Waals surface area contributed by atoms with Gasteiger partial charge >= 0.3 is 0 Å². The van der Waals surface area contributed by atoms with E-state index in [1.807, 2.05) is 35.2 Å². The lowest BCUT2D eigenvalue weighted by Crippen LogP contribution is -2.41. The zero-order valence-corrected chi connectivity index (χ0v) is 17.7. The maximum atomic E-state index is 13.6. The minimum absolute atomic E-state index is 0.0365. The fourth-order valence-corrected chi connectivity index (χ4v) is 6.49. The Morgan fingerprint density at radius 3 is 2.72 bits per heavy atom. The molecule has 1 amide bonds. The molecule has 1 saturated heterocycles. The zero-order chi connectivity index (χ0) is 19.8. The number of para-hydroxylation sites is 1. The molecule has 2 aliphatic rings. The molecule has 0 N–H and O–H groups in total. The summed E-state index contributed by atoms with van der Waals surface area (Å²) in [5, 5.41) is 1.70. The van der Waals surface area contributed by atoms with Gasteiger partial charge < -0.3 is 9.64 Å². The number of carbonyl (C=O) groups is 1. The average molecular weight is 427 g/mol. The van der Waals surface area contributed by atoms with Crippen LogP contribution in [0, 0.1) is 0 Å². The molecule has 2 aromatic heterocycles. The molecule has 0 atom stereocenters.